The van der Waals surface area contributed by atoms with E-state index in [-0.39, 0.29) is 12.5 Å². The van der Waals surface area contributed by atoms with Crippen LogP contribution in [0.25, 0.3) is 0 Å². The Morgan fingerprint density at radius 1 is 1.83 bits per heavy atom. The Balaban J connectivity index is 2.43. The molecule has 66 valence electrons. The molecule has 0 radical (unpaired) electrons. The molecule has 0 aliphatic heterocycles. The molecule has 12 heavy (non-hydrogen) atoms. The molecule has 0 aromatic carbocycles. The van der Waals surface area contributed by atoms with Gasteiger partial charge in [-0.3, -0.25) is 4.79 Å². The highest BCUT2D eigenvalue weighted by molar-refractivity contribution is 7.15. The van der Waals surface area contributed by atoms with E-state index < -0.39 is 0 Å². The Bertz CT molecular complexity index is 274. The maximum absolute atomic E-state index is 10.7. The highest BCUT2D eigenvalue weighted by Crippen LogP contribution is 2.27. The third-order valence-corrected chi connectivity index (χ3v) is 2.44. The van der Waals surface area contributed by atoms with Crippen LogP contribution >= 0.6 is 22.9 Å². The van der Waals surface area contributed by atoms with Crippen molar-refractivity contribution in [2.24, 2.45) is 0 Å². The van der Waals surface area contributed by atoms with E-state index in [4.69, 9.17) is 11.6 Å². The Morgan fingerprint density at radius 3 is 3.08 bits per heavy atom. The first-order valence-corrected chi connectivity index (χ1v) is 4.53. The molecule has 1 heterocycles. The van der Waals surface area contributed by atoms with E-state index in [9.17, 15) is 4.79 Å². The molecule has 0 amide bonds. The van der Waals surface area contributed by atoms with Crippen LogP contribution in [0.1, 0.15) is 0 Å². The summed E-state index contributed by atoms with van der Waals surface area (Å²) >= 11 is 7.18. The van der Waals surface area contributed by atoms with Crippen molar-refractivity contribution in [2.45, 2.75) is 0 Å². The standard InChI is InChI=1S/C7H8ClNO2S/c1-11-6(10)4-9-5-2-3-12-7(5)8/h2-3,9H,4H2,1H3. The SMILES string of the molecule is COC(=O)CNc1ccsc1Cl. The van der Waals surface area contributed by atoms with E-state index in [2.05, 4.69) is 10.1 Å². The van der Waals surface area contributed by atoms with E-state index in [0.717, 1.165) is 5.69 Å². The van der Waals surface area contributed by atoms with Crippen LogP contribution < -0.4 is 5.32 Å². The van der Waals surface area contributed by atoms with Gasteiger partial charge in [-0.15, -0.1) is 11.3 Å². The minimum absolute atomic E-state index is 0.146. The molecule has 1 aromatic rings. The molecule has 5 heteroatoms. The summed E-state index contributed by atoms with van der Waals surface area (Å²) in [5, 5.41) is 4.70. The van der Waals surface area contributed by atoms with Crippen molar-refractivity contribution in [1.29, 1.82) is 0 Å². The molecule has 0 saturated carbocycles. The molecule has 1 N–H and O–H groups in total. The summed E-state index contributed by atoms with van der Waals surface area (Å²) in [4.78, 5) is 10.7. The molecular formula is C7H8ClNO2S. The molecule has 0 bridgehead atoms. The van der Waals surface area contributed by atoms with Gasteiger partial charge in [0.15, 0.2) is 0 Å². The van der Waals surface area contributed by atoms with Crippen LogP contribution in [0.3, 0.4) is 0 Å². The van der Waals surface area contributed by atoms with E-state index in [1.54, 1.807) is 0 Å². The minimum Gasteiger partial charge on any atom is -0.468 e. The van der Waals surface area contributed by atoms with Gasteiger partial charge in [-0.2, -0.15) is 0 Å². The van der Waals surface area contributed by atoms with E-state index in [1.807, 2.05) is 11.4 Å². The van der Waals surface area contributed by atoms with Crippen LogP contribution in [-0.4, -0.2) is 19.6 Å². The highest BCUT2D eigenvalue weighted by Gasteiger charge is 2.03. The Hall–Kier alpha value is -0.740. The van der Waals surface area contributed by atoms with Crippen molar-refractivity contribution in [2.75, 3.05) is 19.0 Å². The quantitative estimate of drug-likeness (QED) is 0.767. The van der Waals surface area contributed by atoms with Gasteiger partial charge in [0.05, 0.1) is 12.8 Å². The molecule has 0 fully saturated rings. The second kappa shape index (κ2) is 4.33. The lowest BCUT2D eigenvalue weighted by Crippen LogP contribution is -2.14. The summed E-state index contributed by atoms with van der Waals surface area (Å²) in [5.74, 6) is -0.308. The number of halogens is 1. The predicted octanol–water partition coefficient (Wildman–Crippen LogP) is 1.99. The third-order valence-electron chi connectivity index (χ3n) is 1.27. The molecule has 0 spiro atoms. The predicted molar refractivity (Wildman–Crippen MR) is 49.8 cm³/mol. The summed E-state index contributed by atoms with van der Waals surface area (Å²) in [5.41, 5.74) is 0.770. The summed E-state index contributed by atoms with van der Waals surface area (Å²) in [7, 11) is 1.35. The van der Waals surface area contributed by atoms with Gasteiger partial charge in [-0.1, -0.05) is 11.6 Å². The number of anilines is 1. The minimum atomic E-state index is -0.308. The second-order valence-electron chi connectivity index (χ2n) is 2.04. The van der Waals surface area contributed by atoms with Crippen molar-refractivity contribution in [1.82, 2.24) is 0 Å². The first kappa shape index (κ1) is 9.35. The van der Waals surface area contributed by atoms with Crippen molar-refractivity contribution in [3.8, 4) is 0 Å². The lowest BCUT2D eigenvalue weighted by Gasteiger charge is -2.01. The number of carbonyl (C=O) groups excluding carboxylic acids is 1. The zero-order valence-electron chi connectivity index (χ0n) is 6.46. The molecule has 0 aliphatic carbocycles. The molecule has 1 aromatic heterocycles. The zero-order valence-corrected chi connectivity index (χ0v) is 8.04. The van der Waals surface area contributed by atoms with Crippen LogP contribution in [0.2, 0.25) is 4.34 Å². The number of esters is 1. The fraction of sp³-hybridized carbons (Fsp3) is 0.286. The maximum Gasteiger partial charge on any atom is 0.325 e. The van der Waals surface area contributed by atoms with Crippen molar-refractivity contribution >= 4 is 34.6 Å². The van der Waals surface area contributed by atoms with E-state index in [1.165, 1.54) is 18.4 Å². The second-order valence-corrected chi connectivity index (χ2v) is 3.56. The zero-order chi connectivity index (χ0) is 8.97. The number of ether oxygens (including phenoxy) is 1. The number of thiophene rings is 1. The highest BCUT2D eigenvalue weighted by atomic mass is 35.5. The van der Waals surface area contributed by atoms with Crippen LogP contribution in [-0.2, 0) is 9.53 Å². The Morgan fingerprint density at radius 2 is 2.58 bits per heavy atom. The summed E-state index contributed by atoms with van der Waals surface area (Å²) < 4.78 is 5.10. The number of methoxy groups -OCH3 is 1. The van der Waals surface area contributed by atoms with Gasteiger partial charge in [0.25, 0.3) is 0 Å². The smallest absolute Gasteiger partial charge is 0.325 e. The molecule has 1 rings (SSSR count). The van der Waals surface area contributed by atoms with Gasteiger partial charge < -0.3 is 10.1 Å². The fourth-order valence-electron chi connectivity index (χ4n) is 0.659. The number of carbonyl (C=O) groups is 1. The molecule has 0 atom stereocenters. The Kier molecular flexibility index (Phi) is 3.37. The number of hydrogen-bond donors (Lipinski definition) is 1. The van der Waals surface area contributed by atoms with Crippen LogP contribution in [0.15, 0.2) is 11.4 Å². The number of rotatable bonds is 3. The fourth-order valence-corrected chi connectivity index (χ4v) is 1.53. The lowest BCUT2D eigenvalue weighted by molar-refractivity contribution is -0.138. The monoisotopic (exact) mass is 205 g/mol. The normalized spacial score (nSPS) is 9.50. The topological polar surface area (TPSA) is 38.3 Å². The van der Waals surface area contributed by atoms with Crippen LogP contribution in [0.4, 0.5) is 5.69 Å². The van der Waals surface area contributed by atoms with Crippen molar-refractivity contribution in [3.63, 3.8) is 0 Å². The summed E-state index contributed by atoms with van der Waals surface area (Å²) in [6, 6.07) is 1.82. The lowest BCUT2D eigenvalue weighted by atomic mass is 10.5. The Labute approximate surface area is 79.3 Å². The van der Waals surface area contributed by atoms with Crippen molar-refractivity contribution < 1.29 is 9.53 Å². The molecule has 0 unspecified atom stereocenters. The molecular weight excluding hydrogens is 198 g/mol. The first-order valence-electron chi connectivity index (χ1n) is 3.27. The average Bonchev–Trinajstić information content (AvgIpc) is 2.47. The number of hydrogen-bond acceptors (Lipinski definition) is 4. The molecule has 0 aliphatic rings. The third kappa shape index (κ3) is 2.39. The van der Waals surface area contributed by atoms with Crippen molar-refractivity contribution in [3.05, 3.63) is 15.8 Å². The maximum atomic E-state index is 10.7. The van der Waals surface area contributed by atoms with Crippen LogP contribution in [0.5, 0.6) is 0 Å². The number of nitrogens with one attached hydrogen (secondary N) is 1. The van der Waals surface area contributed by atoms with Gasteiger partial charge in [0.1, 0.15) is 10.9 Å². The summed E-state index contributed by atoms with van der Waals surface area (Å²) in [6.07, 6.45) is 0. The van der Waals surface area contributed by atoms with E-state index in [0.29, 0.717) is 4.34 Å². The molecule has 3 nitrogen and oxygen atoms in total. The van der Waals surface area contributed by atoms with Crippen LogP contribution in [0, 0.1) is 0 Å². The first-order chi connectivity index (χ1) is 5.74. The van der Waals surface area contributed by atoms with Gasteiger partial charge in [-0.05, 0) is 11.4 Å². The summed E-state index contributed by atoms with van der Waals surface area (Å²) in [6.45, 7) is 0.146. The van der Waals surface area contributed by atoms with Gasteiger partial charge in [0, 0.05) is 0 Å². The average molecular weight is 206 g/mol. The molecule has 0 saturated heterocycles. The van der Waals surface area contributed by atoms with Gasteiger partial charge in [-0.25, -0.2) is 0 Å². The van der Waals surface area contributed by atoms with E-state index >= 15 is 0 Å². The van der Waals surface area contributed by atoms with Gasteiger partial charge in [0.2, 0.25) is 0 Å². The van der Waals surface area contributed by atoms with Gasteiger partial charge >= 0.3 is 5.97 Å². The largest absolute Gasteiger partial charge is 0.468 e.